The average molecular weight is 301 g/mol. The molecule has 1 aromatic heterocycles. The minimum Gasteiger partial charge on any atom is -0.307 e. The standard InChI is InChI=1S/C15H16FN5O/c1-2-3-13(22)21-9-20(11-6-4-10(16)5-7-11)14(17)12-8-18-19-15(12)21/h4-8,17H,2-3,9H2,1H3,(H,18,19). The highest BCUT2D eigenvalue weighted by atomic mass is 19.1. The highest BCUT2D eigenvalue weighted by Gasteiger charge is 2.32. The maximum atomic E-state index is 13.1. The molecule has 1 aliphatic heterocycles. The molecule has 0 unspecified atom stereocenters. The van der Waals surface area contributed by atoms with E-state index in [0.29, 0.717) is 23.5 Å². The number of hydrogen-bond donors (Lipinski definition) is 2. The third-order valence-corrected chi connectivity index (χ3v) is 3.60. The quantitative estimate of drug-likeness (QED) is 0.914. The van der Waals surface area contributed by atoms with Crippen molar-refractivity contribution in [3.05, 3.63) is 41.8 Å². The molecule has 0 fully saturated rings. The minimum atomic E-state index is -0.338. The van der Waals surface area contributed by atoms with Gasteiger partial charge in [-0.05, 0) is 30.7 Å². The molecule has 1 aliphatic rings. The number of carbonyl (C=O) groups excluding carboxylic acids is 1. The number of aromatic nitrogens is 2. The fraction of sp³-hybridized carbons (Fsp3) is 0.267. The molecule has 6 nitrogen and oxygen atoms in total. The summed E-state index contributed by atoms with van der Waals surface area (Å²) < 4.78 is 13.1. The summed E-state index contributed by atoms with van der Waals surface area (Å²) in [6.45, 7) is 2.15. The molecule has 0 atom stereocenters. The fourth-order valence-electron chi connectivity index (χ4n) is 2.47. The Labute approximate surface area is 127 Å². The first kappa shape index (κ1) is 14.2. The van der Waals surface area contributed by atoms with Crippen LogP contribution in [0.4, 0.5) is 15.9 Å². The van der Waals surface area contributed by atoms with Gasteiger partial charge in [-0.15, -0.1) is 0 Å². The number of nitrogens with zero attached hydrogens (tertiary/aromatic N) is 3. The van der Waals surface area contributed by atoms with Crippen molar-refractivity contribution in [2.75, 3.05) is 16.5 Å². The SMILES string of the molecule is CCCC(=O)N1CN(c2ccc(F)cc2)C(=N)c2cn[nH]c21. The van der Waals surface area contributed by atoms with Crippen molar-refractivity contribution >= 4 is 23.2 Å². The Balaban J connectivity index is 1.99. The molecule has 2 heterocycles. The van der Waals surface area contributed by atoms with Crippen molar-refractivity contribution < 1.29 is 9.18 Å². The Bertz CT molecular complexity index is 709. The molecule has 1 amide bonds. The predicted molar refractivity (Wildman–Crippen MR) is 81.6 cm³/mol. The van der Waals surface area contributed by atoms with E-state index in [0.717, 1.165) is 6.42 Å². The molecule has 0 aliphatic carbocycles. The Morgan fingerprint density at radius 2 is 2.14 bits per heavy atom. The van der Waals surface area contributed by atoms with E-state index in [4.69, 9.17) is 5.41 Å². The van der Waals surface area contributed by atoms with Crippen molar-refractivity contribution in [2.24, 2.45) is 0 Å². The average Bonchev–Trinajstić information content (AvgIpc) is 2.99. The van der Waals surface area contributed by atoms with Crippen LogP contribution in [0.5, 0.6) is 0 Å². The molecule has 22 heavy (non-hydrogen) atoms. The Hall–Kier alpha value is -2.70. The Kier molecular flexibility index (Phi) is 3.62. The van der Waals surface area contributed by atoms with E-state index >= 15 is 0 Å². The number of hydrogen-bond acceptors (Lipinski definition) is 3. The normalized spacial score (nSPS) is 14.2. The van der Waals surface area contributed by atoms with Gasteiger partial charge in [0.2, 0.25) is 5.91 Å². The summed E-state index contributed by atoms with van der Waals surface area (Å²) in [5, 5.41) is 15.0. The largest absolute Gasteiger partial charge is 0.307 e. The number of amidine groups is 1. The smallest absolute Gasteiger partial charge is 0.229 e. The Morgan fingerprint density at radius 1 is 1.41 bits per heavy atom. The summed E-state index contributed by atoms with van der Waals surface area (Å²) >= 11 is 0. The van der Waals surface area contributed by atoms with Crippen LogP contribution < -0.4 is 9.80 Å². The summed E-state index contributed by atoms with van der Waals surface area (Å²) in [6.07, 6.45) is 2.69. The highest BCUT2D eigenvalue weighted by Crippen LogP contribution is 2.29. The number of fused-ring (bicyclic) bond motifs is 1. The van der Waals surface area contributed by atoms with Crippen LogP contribution in [0.25, 0.3) is 0 Å². The number of anilines is 2. The van der Waals surface area contributed by atoms with Gasteiger partial charge in [0.25, 0.3) is 0 Å². The van der Waals surface area contributed by atoms with E-state index in [1.54, 1.807) is 21.9 Å². The van der Waals surface area contributed by atoms with Crippen molar-refractivity contribution in [1.82, 2.24) is 10.2 Å². The maximum absolute atomic E-state index is 13.1. The van der Waals surface area contributed by atoms with Gasteiger partial charge in [-0.25, -0.2) is 4.39 Å². The van der Waals surface area contributed by atoms with Crippen LogP contribution in [0, 0.1) is 11.2 Å². The zero-order chi connectivity index (χ0) is 15.7. The molecule has 0 saturated carbocycles. The summed E-state index contributed by atoms with van der Waals surface area (Å²) in [6, 6.07) is 5.87. The summed E-state index contributed by atoms with van der Waals surface area (Å²) in [5.41, 5.74) is 1.22. The van der Waals surface area contributed by atoms with Crippen LogP contribution in [0.15, 0.2) is 30.5 Å². The van der Waals surface area contributed by atoms with E-state index in [1.807, 2.05) is 6.92 Å². The van der Waals surface area contributed by atoms with E-state index in [2.05, 4.69) is 10.2 Å². The van der Waals surface area contributed by atoms with Gasteiger partial charge in [0.1, 0.15) is 24.1 Å². The highest BCUT2D eigenvalue weighted by molar-refractivity contribution is 6.15. The van der Waals surface area contributed by atoms with Crippen molar-refractivity contribution in [3.63, 3.8) is 0 Å². The molecule has 0 spiro atoms. The lowest BCUT2D eigenvalue weighted by Gasteiger charge is -2.36. The lowest BCUT2D eigenvalue weighted by molar-refractivity contribution is -0.118. The number of nitrogens with one attached hydrogen (secondary N) is 2. The third kappa shape index (κ3) is 2.34. The maximum Gasteiger partial charge on any atom is 0.229 e. The molecule has 3 rings (SSSR count). The van der Waals surface area contributed by atoms with Crippen LogP contribution >= 0.6 is 0 Å². The molecule has 2 aromatic rings. The Morgan fingerprint density at radius 3 is 2.82 bits per heavy atom. The number of benzene rings is 1. The predicted octanol–water partition coefficient (Wildman–Crippen LogP) is 2.48. The molecule has 0 saturated heterocycles. The number of H-pyrrole nitrogens is 1. The number of rotatable bonds is 3. The summed E-state index contributed by atoms with van der Waals surface area (Å²) in [5.74, 6) is 0.403. The number of halogens is 1. The van der Waals surface area contributed by atoms with Gasteiger partial charge in [-0.2, -0.15) is 5.10 Å². The lowest BCUT2D eigenvalue weighted by atomic mass is 10.1. The molecule has 114 valence electrons. The van der Waals surface area contributed by atoms with E-state index < -0.39 is 0 Å². The number of carbonyl (C=O) groups is 1. The van der Waals surface area contributed by atoms with Crippen molar-refractivity contribution in [1.29, 1.82) is 5.41 Å². The van der Waals surface area contributed by atoms with Crippen LogP contribution in [0.2, 0.25) is 0 Å². The molecule has 7 heteroatoms. The molecule has 0 bridgehead atoms. The van der Waals surface area contributed by atoms with Gasteiger partial charge in [0.05, 0.1) is 11.8 Å². The molecular weight excluding hydrogens is 285 g/mol. The second-order valence-electron chi connectivity index (χ2n) is 5.10. The lowest BCUT2D eigenvalue weighted by Crippen LogP contribution is -2.49. The van der Waals surface area contributed by atoms with Crippen LogP contribution in [-0.4, -0.2) is 28.6 Å². The molecule has 0 radical (unpaired) electrons. The number of amides is 1. The topological polar surface area (TPSA) is 76.1 Å². The van der Waals surface area contributed by atoms with Crippen LogP contribution in [-0.2, 0) is 4.79 Å². The monoisotopic (exact) mass is 301 g/mol. The van der Waals surface area contributed by atoms with Crippen molar-refractivity contribution in [2.45, 2.75) is 19.8 Å². The van der Waals surface area contributed by atoms with E-state index in [9.17, 15) is 9.18 Å². The molecular formula is C15H16FN5O. The summed E-state index contributed by atoms with van der Waals surface area (Å²) in [4.78, 5) is 15.6. The summed E-state index contributed by atoms with van der Waals surface area (Å²) in [7, 11) is 0. The van der Waals surface area contributed by atoms with Gasteiger partial charge in [0, 0.05) is 12.1 Å². The van der Waals surface area contributed by atoms with Gasteiger partial charge in [-0.3, -0.25) is 20.2 Å². The fourth-order valence-corrected chi connectivity index (χ4v) is 2.47. The zero-order valence-electron chi connectivity index (χ0n) is 12.1. The first-order valence-corrected chi connectivity index (χ1v) is 7.07. The second-order valence-corrected chi connectivity index (χ2v) is 5.10. The minimum absolute atomic E-state index is 0.0346. The first-order chi connectivity index (χ1) is 10.6. The van der Waals surface area contributed by atoms with Crippen LogP contribution in [0.3, 0.4) is 0 Å². The van der Waals surface area contributed by atoms with Gasteiger partial charge in [-0.1, -0.05) is 6.92 Å². The van der Waals surface area contributed by atoms with Gasteiger partial charge in [0.15, 0.2) is 0 Å². The van der Waals surface area contributed by atoms with Gasteiger partial charge < -0.3 is 4.90 Å². The first-order valence-electron chi connectivity index (χ1n) is 7.07. The number of aromatic amines is 1. The van der Waals surface area contributed by atoms with Crippen LogP contribution in [0.1, 0.15) is 25.3 Å². The molecule has 1 aromatic carbocycles. The van der Waals surface area contributed by atoms with Crippen molar-refractivity contribution in [3.8, 4) is 0 Å². The second kappa shape index (κ2) is 5.59. The van der Waals surface area contributed by atoms with E-state index in [1.165, 1.54) is 18.3 Å². The van der Waals surface area contributed by atoms with E-state index in [-0.39, 0.29) is 24.2 Å². The zero-order valence-corrected chi connectivity index (χ0v) is 12.1. The third-order valence-electron chi connectivity index (χ3n) is 3.60. The molecule has 2 N–H and O–H groups in total. The van der Waals surface area contributed by atoms with Gasteiger partial charge >= 0.3 is 0 Å².